The number of amides is 1. The highest BCUT2D eigenvalue weighted by Gasteiger charge is 2.21. The van der Waals surface area contributed by atoms with Crippen LogP contribution >= 0.6 is 15.9 Å². The monoisotopic (exact) mass is 379 g/mol. The first-order valence-electron chi connectivity index (χ1n) is 7.32. The number of rotatable bonds is 5. The second-order valence-electron chi connectivity index (χ2n) is 5.59. The Labute approximate surface area is 144 Å². The predicted octanol–water partition coefficient (Wildman–Crippen LogP) is 4.72. The van der Waals surface area contributed by atoms with Crippen molar-refractivity contribution in [1.82, 2.24) is 5.32 Å². The third-order valence-corrected chi connectivity index (χ3v) is 4.10. The highest BCUT2D eigenvalue weighted by molar-refractivity contribution is 9.10. The summed E-state index contributed by atoms with van der Waals surface area (Å²) in [5.74, 6) is -0.0639. The predicted molar refractivity (Wildman–Crippen MR) is 92.1 cm³/mol. The molecule has 0 radical (unpaired) electrons. The summed E-state index contributed by atoms with van der Waals surface area (Å²) in [6.07, 6.45) is 0. The summed E-state index contributed by atoms with van der Waals surface area (Å²) >= 11 is 3.19. The van der Waals surface area contributed by atoms with Crippen LogP contribution in [-0.4, -0.2) is 13.0 Å². The largest absolute Gasteiger partial charge is 0.497 e. The van der Waals surface area contributed by atoms with Crippen LogP contribution in [0.15, 0.2) is 46.9 Å². The molecule has 1 amide bonds. The molecule has 0 aromatic heterocycles. The summed E-state index contributed by atoms with van der Waals surface area (Å²) in [7, 11) is 1.60. The normalized spacial score (nSPS) is 12.1. The Morgan fingerprint density at radius 2 is 1.83 bits per heavy atom. The second-order valence-corrected chi connectivity index (χ2v) is 6.51. The molecule has 1 atom stereocenters. The first kappa shape index (κ1) is 17.5. The van der Waals surface area contributed by atoms with Gasteiger partial charge in [0, 0.05) is 4.47 Å². The lowest BCUT2D eigenvalue weighted by Crippen LogP contribution is -2.32. The van der Waals surface area contributed by atoms with E-state index in [2.05, 4.69) is 21.2 Å². The molecule has 0 bridgehead atoms. The molecule has 1 N–H and O–H groups in total. The van der Waals surface area contributed by atoms with Crippen molar-refractivity contribution in [2.75, 3.05) is 7.11 Å². The number of carbonyl (C=O) groups is 1. The van der Waals surface area contributed by atoms with Crippen LogP contribution < -0.4 is 10.1 Å². The second kappa shape index (κ2) is 7.59. The number of ether oxygens (including phenoxy) is 1. The first-order chi connectivity index (χ1) is 10.9. The summed E-state index contributed by atoms with van der Waals surface area (Å²) in [5.41, 5.74) is 0.985. The van der Waals surface area contributed by atoms with Gasteiger partial charge < -0.3 is 10.1 Å². The summed E-state index contributed by atoms with van der Waals surface area (Å²) in [6.45, 7) is 4.01. The lowest BCUT2D eigenvalue weighted by molar-refractivity contribution is 0.0921. The van der Waals surface area contributed by atoms with Crippen LogP contribution in [0.5, 0.6) is 5.75 Å². The standard InChI is InChI=1S/C18H19BrFNO2/c1-11(2)17(12-4-7-14(23-3)8-5-12)21-18(22)15-9-6-13(19)10-16(15)20/h4-11,17H,1-3H3,(H,21,22). The fourth-order valence-corrected chi connectivity index (χ4v) is 2.67. The van der Waals surface area contributed by atoms with Gasteiger partial charge in [-0.1, -0.05) is 41.9 Å². The van der Waals surface area contributed by atoms with Crippen LogP contribution in [0.2, 0.25) is 0 Å². The van der Waals surface area contributed by atoms with E-state index in [1.165, 1.54) is 12.1 Å². The van der Waals surface area contributed by atoms with E-state index in [0.29, 0.717) is 4.47 Å². The van der Waals surface area contributed by atoms with Gasteiger partial charge in [-0.05, 0) is 41.8 Å². The molecule has 2 aromatic rings. The first-order valence-corrected chi connectivity index (χ1v) is 8.11. The van der Waals surface area contributed by atoms with E-state index in [4.69, 9.17) is 4.74 Å². The molecule has 2 rings (SSSR count). The van der Waals surface area contributed by atoms with Gasteiger partial charge >= 0.3 is 0 Å². The maximum Gasteiger partial charge on any atom is 0.254 e. The van der Waals surface area contributed by atoms with Crippen molar-refractivity contribution >= 4 is 21.8 Å². The number of hydrogen-bond acceptors (Lipinski definition) is 2. The van der Waals surface area contributed by atoms with Crippen LogP contribution in [-0.2, 0) is 0 Å². The zero-order chi connectivity index (χ0) is 17.0. The number of nitrogens with one attached hydrogen (secondary N) is 1. The van der Waals surface area contributed by atoms with Crippen LogP contribution in [0, 0.1) is 11.7 Å². The van der Waals surface area contributed by atoms with Crippen LogP contribution in [0.1, 0.15) is 35.8 Å². The van der Waals surface area contributed by atoms with Crippen molar-refractivity contribution in [3.05, 3.63) is 63.9 Å². The zero-order valence-corrected chi connectivity index (χ0v) is 14.9. The van der Waals surface area contributed by atoms with Gasteiger partial charge in [0.1, 0.15) is 11.6 Å². The highest BCUT2D eigenvalue weighted by Crippen LogP contribution is 2.25. The third kappa shape index (κ3) is 4.32. The van der Waals surface area contributed by atoms with Gasteiger partial charge in [-0.25, -0.2) is 4.39 Å². The number of methoxy groups -OCH3 is 1. The molecule has 2 aromatic carbocycles. The third-order valence-electron chi connectivity index (χ3n) is 3.60. The number of benzene rings is 2. The Hall–Kier alpha value is -1.88. The molecule has 3 nitrogen and oxygen atoms in total. The summed E-state index contributed by atoms with van der Waals surface area (Å²) in [4.78, 5) is 12.4. The van der Waals surface area contributed by atoms with Crippen LogP contribution in [0.3, 0.4) is 0 Å². The summed E-state index contributed by atoms with van der Waals surface area (Å²) < 4.78 is 19.7. The van der Waals surface area contributed by atoms with E-state index in [-0.39, 0.29) is 17.5 Å². The van der Waals surface area contributed by atoms with Crippen molar-refractivity contribution in [2.24, 2.45) is 5.92 Å². The molecule has 0 aliphatic rings. The minimum atomic E-state index is -0.547. The fourth-order valence-electron chi connectivity index (χ4n) is 2.34. The van der Waals surface area contributed by atoms with Gasteiger partial charge in [0.25, 0.3) is 5.91 Å². The molecule has 0 saturated heterocycles. The Kier molecular flexibility index (Phi) is 5.77. The average Bonchev–Trinajstić information content (AvgIpc) is 2.52. The van der Waals surface area contributed by atoms with E-state index in [0.717, 1.165) is 11.3 Å². The molecule has 5 heteroatoms. The summed E-state index contributed by atoms with van der Waals surface area (Å²) in [6, 6.07) is 11.7. The number of carbonyl (C=O) groups excluding carboxylic acids is 1. The number of hydrogen-bond donors (Lipinski definition) is 1. The molecule has 0 aliphatic heterocycles. The van der Waals surface area contributed by atoms with Crippen LogP contribution in [0.25, 0.3) is 0 Å². The molecule has 0 saturated carbocycles. The van der Waals surface area contributed by atoms with Crippen LogP contribution in [0.4, 0.5) is 4.39 Å². The SMILES string of the molecule is COc1ccc(C(NC(=O)c2ccc(Br)cc2F)C(C)C)cc1. The van der Waals surface area contributed by atoms with Crippen molar-refractivity contribution in [3.8, 4) is 5.75 Å². The van der Waals surface area contributed by atoms with Gasteiger partial charge in [-0.3, -0.25) is 4.79 Å². The quantitative estimate of drug-likeness (QED) is 0.815. The molecule has 1 unspecified atom stereocenters. The minimum absolute atomic E-state index is 0.0346. The fraction of sp³-hybridized carbons (Fsp3) is 0.278. The zero-order valence-electron chi connectivity index (χ0n) is 13.3. The minimum Gasteiger partial charge on any atom is -0.497 e. The Morgan fingerprint density at radius 3 is 2.35 bits per heavy atom. The maximum absolute atomic E-state index is 13.9. The van der Waals surface area contributed by atoms with E-state index in [1.807, 2.05) is 38.1 Å². The molecule has 0 aliphatic carbocycles. The number of halogens is 2. The van der Waals surface area contributed by atoms with E-state index >= 15 is 0 Å². The van der Waals surface area contributed by atoms with Crippen molar-refractivity contribution < 1.29 is 13.9 Å². The van der Waals surface area contributed by atoms with Gasteiger partial charge in [0.2, 0.25) is 0 Å². The Balaban J connectivity index is 2.23. The van der Waals surface area contributed by atoms with E-state index < -0.39 is 11.7 Å². The Bertz CT molecular complexity index is 686. The summed E-state index contributed by atoms with van der Waals surface area (Å²) in [5, 5.41) is 2.91. The van der Waals surface area contributed by atoms with Crippen molar-refractivity contribution in [1.29, 1.82) is 0 Å². The molecule has 23 heavy (non-hydrogen) atoms. The maximum atomic E-state index is 13.9. The van der Waals surface area contributed by atoms with Gasteiger partial charge in [-0.2, -0.15) is 0 Å². The average molecular weight is 380 g/mol. The molecular weight excluding hydrogens is 361 g/mol. The Morgan fingerprint density at radius 1 is 1.17 bits per heavy atom. The topological polar surface area (TPSA) is 38.3 Å². The van der Waals surface area contributed by atoms with E-state index in [1.54, 1.807) is 13.2 Å². The van der Waals surface area contributed by atoms with E-state index in [9.17, 15) is 9.18 Å². The molecule has 0 spiro atoms. The molecule has 122 valence electrons. The lowest BCUT2D eigenvalue weighted by Gasteiger charge is -2.23. The smallest absolute Gasteiger partial charge is 0.254 e. The molecular formula is C18H19BrFNO2. The molecule has 0 fully saturated rings. The lowest BCUT2D eigenvalue weighted by atomic mass is 9.95. The van der Waals surface area contributed by atoms with Crippen molar-refractivity contribution in [3.63, 3.8) is 0 Å². The van der Waals surface area contributed by atoms with Crippen molar-refractivity contribution in [2.45, 2.75) is 19.9 Å². The van der Waals surface area contributed by atoms with Gasteiger partial charge in [0.15, 0.2) is 0 Å². The van der Waals surface area contributed by atoms with Gasteiger partial charge in [0.05, 0.1) is 18.7 Å². The molecule has 0 heterocycles. The highest BCUT2D eigenvalue weighted by atomic mass is 79.9. The van der Waals surface area contributed by atoms with Gasteiger partial charge in [-0.15, -0.1) is 0 Å².